The number of hydrogen-bond acceptors (Lipinski definition) is 0. The molecule has 1 aromatic rings. The van der Waals surface area contributed by atoms with E-state index in [2.05, 4.69) is 48.2 Å². The zero-order valence-electron chi connectivity index (χ0n) is 7.90. The summed E-state index contributed by atoms with van der Waals surface area (Å²) in [7, 11) is 2.12. The van der Waals surface area contributed by atoms with Crippen LogP contribution in [0.25, 0.3) is 6.08 Å². The van der Waals surface area contributed by atoms with E-state index in [1.165, 1.54) is 17.6 Å². The SMILES string of the molecule is C[N+]1=C/C(=C\c2ccccc2)CC1. The molecule has 0 fully saturated rings. The Labute approximate surface area is 79.0 Å². The van der Waals surface area contributed by atoms with Crippen molar-refractivity contribution in [2.24, 2.45) is 0 Å². The van der Waals surface area contributed by atoms with Gasteiger partial charge in [-0.2, -0.15) is 0 Å². The Kier molecular flexibility index (Phi) is 2.26. The molecule has 0 aliphatic carbocycles. The fourth-order valence-electron chi connectivity index (χ4n) is 1.59. The molecule has 13 heavy (non-hydrogen) atoms. The molecule has 1 aromatic carbocycles. The van der Waals surface area contributed by atoms with Gasteiger partial charge in [-0.25, -0.2) is 4.58 Å². The minimum absolute atomic E-state index is 1.15. The maximum absolute atomic E-state index is 2.25. The molecule has 0 aromatic heterocycles. The molecule has 0 saturated carbocycles. The summed E-state index contributed by atoms with van der Waals surface area (Å²) in [6, 6.07) is 10.5. The van der Waals surface area contributed by atoms with E-state index in [1.807, 2.05) is 6.07 Å². The van der Waals surface area contributed by atoms with Crippen molar-refractivity contribution in [1.29, 1.82) is 0 Å². The fourth-order valence-corrected chi connectivity index (χ4v) is 1.59. The molecule has 0 unspecified atom stereocenters. The molecule has 0 saturated heterocycles. The van der Waals surface area contributed by atoms with Crippen LogP contribution in [0.3, 0.4) is 0 Å². The maximum Gasteiger partial charge on any atom is 0.166 e. The topological polar surface area (TPSA) is 3.01 Å². The van der Waals surface area contributed by atoms with E-state index in [-0.39, 0.29) is 0 Å². The van der Waals surface area contributed by atoms with Crippen LogP contribution in [0.4, 0.5) is 0 Å². The van der Waals surface area contributed by atoms with Gasteiger partial charge in [-0.05, 0) is 11.6 Å². The molecule has 0 amide bonds. The zero-order valence-corrected chi connectivity index (χ0v) is 7.90. The third kappa shape index (κ3) is 2.05. The van der Waals surface area contributed by atoms with Crippen molar-refractivity contribution in [1.82, 2.24) is 0 Å². The normalized spacial score (nSPS) is 19.2. The van der Waals surface area contributed by atoms with Crippen LogP contribution in [-0.2, 0) is 0 Å². The van der Waals surface area contributed by atoms with E-state index in [0.717, 1.165) is 6.54 Å². The summed E-state index contributed by atoms with van der Waals surface area (Å²) in [6.45, 7) is 1.15. The van der Waals surface area contributed by atoms with Gasteiger partial charge < -0.3 is 0 Å². The first-order valence-corrected chi connectivity index (χ1v) is 4.65. The largest absolute Gasteiger partial charge is 0.238 e. The van der Waals surface area contributed by atoms with Gasteiger partial charge in [0, 0.05) is 12.0 Å². The third-order valence-electron chi connectivity index (χ3n) is 2.29. The Morgan fingerprint density at radius 1 is 1.23 bits per heavy atom. The Balaban J connectivity index is 2.22. The summed E-state index contributed by atoms with van der Waals surface area (Å²) >= 11 is 0. The van der Waals surface area contributed by atoms with Crippen molar-refractivity contribution in [3.05, 3.63) is 41.5 Å². The molecule has 0 N–H and O–H groups in total. The lowest BCUT2D eigenvalue weighted by Gasteiger charge is -1.91. The monoisotopic (exact) mass is 172 g/mol. The highest BCUT2D eigenvalue weighted by molar-refractivity contribution is 5.83. The van der Waals surface area contributed by atoms with Crippen LogP contribution < -0.4 is 0 Å². The second-order valence-corrected chi connectivity index (χ2v) is 3.49. The van der Waals surface area contributed by atoms with E-state index >= 15 is 0 Å². The Hall–Kier alpha value is -1.37. The van der Waals surface area contributed by atoms with Crippen molar-refractivity contribution in [3.8, 4) is 0 Å². The molecule has 0 atom stereocenters. The Bertz CT molecular complexity index is 347. The van der Waals surface area contributed by atoms with E-state index in [1.54, 1.807) is 0 Å². The number of benzene rings is 1. The highest BCUT2D eigenvalue weighted by Gasteiger charge is 2.10. The number of nitrogens with zero attached hydrogens (tertiary/aromatic N) is 1. The maximum atomic E-state index is 2.25. The highest BCUT2D eigenvalue weighted by atomic mass is 15.0. The molecular weight excluding hydrogens is 158 g/mol. The minimum atomic E-state index is 1.15. The molecule has 2 rings (SSSR count). The molecule has 1 heteroatoms. The second-order valence-electron chi connectivity index (χ2n) is 3.49. The van der Waals surface area contributed by atoms with Gasteiger partial charge in [-0.3, -0.25) is 0 Å². The summed E-state index contributed by atoms with van der Waals surface area (Å²) in [5, 5.41) is 0. The Morgan fingerprint density at radius 3 is 2.62 bits per heavy atom. The van der Waals surface area contributed by atoms with E-state index in [0.29, 0.717) is 0 Å². The first kappa shape index (κ1) is 8.24. The van der Waals surface area contributed by atoms with Gasteiger partial charge in [-0.15, -0.1) is 0 Å². The first-order valence-electron chi connectivity index (χ1n) is 4.65. The van der Waals surface area contributed by atoms with Gasteiger partial charge in [0.15, 0.2) is 6.21 Å². The molecule has 0 spiro atoms. The quantitative estimate of drug-likeness (QED) is 0.571. The second kappa shape index (κ2) is 3.56. The summed E-state index contributed by atoms with van der Waals surface area (Å²) in [6.07, 6.45) is 5.64. The summed E-state index contributed by atoms with van der Waals surface area (Å²) < 4.78 is 2.23. The van der Waals surface area contributed by atoms with E-state index in [9.17, 15) is 0 Å². The van der Waals surface area contributed by atoms with Gasteiger partial charge in [0.05, 0.1) is 0 Å². The van der Waals surface area contributed by atoms with Gasteiger partial charge >= 0.3 is 0 Å². The van der Waals surface area contributed by atoms with E-state index < -0.39 is 0 Å². The van der Waals surface area contributed by atoms with Gasteiger partial charge in [-0.1, -0.05) is 30.3 Å². The van der Waals surface area contributed by atoms with Crippen LogP contribution in [0.2, 0.25) is 0 Å². The van der Waals surface area contributed by atoms with Gasteiger partial charge in [0.1, 0.15) is 13.6 Å². The third-order valence-corrected chi connectivity index (χ3v) is 2.29. The zero-order chi connectivity index (χ0) is 9.10. The lowest BCUT2D eigenvalue weighted by atomic mass is 10.1. The molecule has 0 radical (unpaired) electrons. The average molecular weight is 172 g/mol. The van der Waals surface area contributed by atoms with Crippen molar-refractivity contribution in [3.63, 3.8) is 0 Å². The predicted octanol–water partition coefficient (Wildman–Crippen LogP) is 2.19. The molecule has 0 bridgehead atoms. The fraction of sp³-hybridized carbons (Fsp3) is 0.250. The highest BCUT2D eigenvalue weighted by Crippen LogP contribution is 2.11. The molecule has 1 aliphatic rings. The van der Waals surface area contributed by atoms with Gasteiger partial charge in [0.2, 0.25) is 0 Å². The van der Waals surface area contributed by atoms with Gasteiger partial charge in [0.25, 0.3) is 0 Å². The molecule has 1 aliphatic heterocycles. The molecular formula is C12H14N+. The van der Waals surface area contributed by atoms with Crippen LogP contribution in [0.5, 0.6) is 0 Å². The molecule has 1 nitrogen and oxygen atoms in total. The molecule has 1 heterocycles. The van der Waals surface area contributed by atoms with Crippen molar-refractivity contribution in [2.75, 3.05) is 13.6 Å². The van der Waals surface area contributed by atoms with E-state index in [4.69, 9.17) is 0 Å². The minimum Gasteiger partial charge on any atom is -0.238 e. The van der Waals surface area contributed by atoms with Crippen molar-refractivity contribution < 1.29 is 4.58 Å². The predicted molar refractivity (Wildman–Crippen MR) is 56.2 cm³/mol. The molecule has 66 valence electrons. The smallest absolute Gasteiger partial charge is 0.166 e. The average Bonchev–Trinajstić information content (AvgIpc) is 2.53. The lowest BCUT2D eigenvalue weighted by Crippen LogP contribution is -1.97. The van der Waals surface area contributed by atoms with Crippen LogP contribution in [0.15, 0.2) is 35.9 Å². The summed E-state index contributed by atoms with van der Waals surface area (Å²) in [4.78, 5) is 0. The standard InChI is InChI=1S/C12H14N/c1-13-8-7-12(10-13)9-11-5-3-2-4-6-11/h2-6,9-10H,7-8H2,1H3/q+1/b12-9-. The summed E-state index contributed by atoms with van der Waals surface area (Å²) in [5.41, 5.74) is 2.72. The first-order chi connectivity index (χ1) is 6.34. The van der Waals surface area contributed by atoms with Crippen LogP contribution >= 0.6 is 0 Å². The number of rotatable bonds is 1. The lowest BCUT2D eigenvalue weighted by molar-refractivity contribution is -0.484. The number of hydrogen-bond donors (Lipinski definition) is 0. The van der Waals surface area contributed by atoms with Crippen LogP contribution in [0.1, 0.15) is 12.0 Å². The van der Waals surface area contributed by atoms with Crippen molar-refractivity contribution >= 4 is 12.3 Å². The summed E-state index contributed by atoms with van der Waals surface area (Å²) in [5.74, 6) is 0. The van der Waals surface area contributed by atoms with Crippen molar-refractivity contribution in [2.45, 2.75) is 6.42 Å². The van der Waals surface area contributed by atoms with Crippen LogP contribution in [-0.4, -0.2) is 24.4 Å². The van der Waals surface area contributed by atoms with Crippen LogP contribution in [0, 0.1) is 0 Å². The Morgan fingerprint density at radius 2 is 2.00 bits per heavy atom.